The number of carbonyl (C=O) groups excluding carboxylic acids is 1. The standard InChI is InChI=1S/C16H23NO3/c1-4-9-20-15-7-5-6-14(11-15)16(18)17-8-10-19-12-13(2)3/h5-7,11H,2,4,8-10,12H2,1,3H3,(H,17,18). The highest BCUT2D eigenvalue weighted by molar-refractivity contribution is 5.94. The van der Waals surface area contributed by atoms with Crippen LogP contribution in [0.1, 0.15) is 30.6 Å². The molecule has 1 aromatic carbocycles. The average molecular weight is 277 g/mol. The van der Waals surface area contributed by atoms with Crippen molar-refractivity contribution in [3.8, 4) is 5.75 Å². The first kappa shape index (κ1) is 16.2. The van der Waals surface area contributed by atoms with Crippen molar-refractivity contribution in [1.29, 1.82) is 0 Å². The van der Waals surface area contributed by atoms with Gasteiger partial charge in [-0.05, 0) is 31.5 Å². The van der Waals surface area contributed by atoms with Crippen molar-refractivity contribution in [2.45, 2.75) is 20.3 Å². The van der Waals surface area contributed by atoms with Crippen molar-refractivity contribution in [2.75, 3.05) is 26.4 Å². The Bertz CT molecular complexity index is 443. The molecule has 0 saturated heterocycles. The SMILES string of the molecule is C=C(C)COCCNC(=O)c1cccc(OCCC)c1. The summed E-state index contributed by atoms with van der Waals surface area (Å²) in [5.74, 6) is 0.601. The highest BCUT2D eigenvalue weighted by atomic mass is 16.5. The summed E-state index contributed by atoms with van der Waals surface area (Å²) in [6.45, 7) is 9.82. The van der Waals surface area contributed by atoms with Crippen molar-refractivity contribution in [1.82, 2.24) is 5.32 Å². The lowest BCUT2D eigenvalue weighted by atomic mass is 10.2. The van der Waals surface area contributed by atoms with Crippen molar-refractivity contribution < 1.29 is 14.3 Å². The maximum absolute atomic E-state index is 11.9. The van der Waals surface area contributed by atoms with Crippen LogP contribution in [-0.4, -0.2) is 32.3 Å². The van der Waals surface area contributed by atoms with E-state index in [1.54, 1.807) is 12.1 Å². The fraction of sp³-hybridized carbons (Fsp3) is 0.438. The molecule has 0 radical (unpaired) electrons. The van der Waals surface area contributed by atoms with Gasteiger partial charge in [-0.25, -0.2) is 0 Å². The largest absolute Gasteiger partial charge is 0.494 e. The summed E-state index contributed by atoms with van der Waals surface area (Å²) in [6.07, 6.45) is 0.941. The van der Waals surface area contributed by atoms with Crippen molar-refractivity contribution in [3.63, 3.8) is 0 Å². The molecule has 4 nitrogen and oxygen atoms in total. The van der Waals surface area contributed by atoms with Gasteiger partial charge in [-0.1, -0.05) is 25.1 Å². The van der Waals surface area contributed by atoms with Crippen molar-refractivity contribution in [2.24, 2.45) is 0 Å². The quantitative estimate of drug-likeness (QED) is 0.558. The predicted molar refractivity (Wildman–Crippen MR) is 80.2 cm³/mol. The highest BCUT2D eigenvalue weighted by Crippen LogP contribution is 2.13. The zero-order chi connectivity index (χ0) is 14.8. The van der Waals surface area contributed by atoms with E-state index in [0.717, 1.165) is 17.7 Å². The molecule has 0 unspecified atom stereocenters. The fourth-order valence-electron chi connectivity index (χ4n) is 1.53. The molecular weight excluding hydrogens is 254 g/mol. The minimum atomic E-state index is -0.120. The Morgan fingerprint density at radius 1 is 1.35 bits per heavy atom. The molecule has 20 heavy (non-hydrogen) atoms. The average Bonchev–Trinajstić information content (AvgIpc) is 2.44. The molecular formula is C16H23NO3. The van der Waals surface area contributed by atoms with Crippen LogP contribution in [0, 0.1) is 0 Å². The van der Waals surface area contributed by atoms with Crippen molar-refractivity contribution in [3.05, 3.63) is 42.0 Å². The number of hydrogen-bond donors (Lipinski definition) is 1. The third-order valence-corrected chi connectivity index (χ3v) is 2.45. The Morgan fingerprint density at radius 3 is 2.85 bits per heavy atom. The summed E-state index contributed by atoms with van der Waals surface area (Å²) in [6, 6.07) is 7.18. The molecule has 0 atom stereocenters. The second-order valence-electron chi connectivity index (χ2n) is 4.64. The van der Waals surface area contributed by atoms with E-state index in [1.807, 2.05) is 26.0 Å². The van der Waals surface area contributed by atoms with Crippen LogP contribution in [0.3, 0.4) is 0 Å². The van der Waals surface area contributed by atoms with Gasteiger partial charge in [0.1, 0.15) is 5.75 Å². The summed E-state index contributed by atoms with van der Waals surface area (Å²) in [5.41, 5.74) is 1.57. The number of nitrogens with one attached hydrogen (secondary N) is 1. The number of carbonyl (C=O) groups is 1. The molecule has 1 N–H and O–H groups in total. The molecule has 1 rings (SSSR count). The molecule has 0 fully saturated rings. The third-order valence-electron chi connectivity index (χ3n) is 2.45. The second kappa shape index (κ2) is 9.15. The molecule has 1 amide bonds. The minimum Gasteiger partial charge on any atom is -0.494 e. The van der Waals surface area contributed by atoms with Crippen LogP contribution < -0.4 is 10.1 Å². The summed E-state index contributed by atoms with van der Waals surface area (Å²) < 4.78 is 10.8. The first-order valence-electron chi connectivity index (χ1n) is 6.86. The zero-order valence-electron chi connectivity index (χ0n) is 12.3. The van der Waals surface area contributed by atoms with Crippen LogP contribution in [0.15, 0.2) is 36.4 Å². The van der Waals surface area contributed by atoms with Crippen LogP contribution in [0.4, 0.5) is 0 Å². The fourth-order valence-corrected chi connectivity index (χ4v) is 1.53. The summed E-state index contributed by atoms with van der Waals surface area (Å²) >= 11 is 0. The first-order chi connectivity index (χ1) is 9.63. The minimum absolute atomic E-state index is 0.120. The van der Waals surface area contributed by atoms with Crippen LogP contribution in [0.2, 0.25) is 0 Å². The van der Waals surface area contributed by atoms with E-state index in [2.05, 4.69) is 11.9 Å². The van der Waals surface area contributed by atoms with Crippen LogP contribution in [0.5, 0.6) is 5.75 Å². The summed E-state index contributed by atoms with van der Waals surface area (Å²) in [4.78, 5) is 11.9. The summed E-state index contributed by atoms with van der Waals surface area (Å²) in [5, 5.41) is 2.81. The van der Waals surface area contributed by atoms with Gasteiger partial charge < -0.3 is 14.8 Å². The molecule has 1 aromatic rings. The maximum atomic E-state index is 11.9. The van der Waals surface area contributed by atoms with Gasteiger partial charge in [-0.15, -0.1) is 0 Å². The Balaban J connectivity index is 2.37. The molecule has 0 spiro atoms. The van der Waals surface area contributed by atoms with Gasteiger partial charge in [0.25, 0.3) is 5.91 Å². The van der Waals surface area contributed by atoms with E-state index < -0.39 is 0 Å². The van der Waals surface area contributed by atoms with E-state index in [1.165, 1.54) is 0 Å². The highest BCUT2D eigenvalue weighted by Gasteiger charge is 2.05. The van der Waals surface area contributed by atoms with Gasteiger partial charge in [0.15, 0.2) is 0 Å². The number of benzene rings is 1. The van der Waals surface area contributed by atoms with Gasteiger partial charge in [0.05, 0.1) is 19.8 Å². The van der Waals surface area contributed by atoms with Crippen molar-refractivity contribution >= 4 is 5.91 Å². The third kappa shape index (κ3) is 6.38. The van der Waals surface area contributed by atoms with Crippen LogP contribution >= 0.6 is 0 Å². The van der Waals surface area contributed by atoms with E-state index in [9.17, 15) is 4.79 Å². The normalized spacial score (nSPS) is 10.1. The van der Waals surface area contributed by atoms with Crippen LogP contribution in [-0.2, 0) is 4.74 Å². The monoisotopic (exact) mass is 277 g/mol. The van der Waals surface area contributed by atoms with Gasteiger partial charge in [-0.2, -0.15) is 0 Å². The lowest BCUT2D eigenvalue weighted by molar-refractivity contribution is 0.0926. The van der Waals surface area contributed by atoms with Crippen LogP contribution in [0.25, 0.3) is 0 Å². The van der Waals surface area contributed by atoms with E-state index in [4.69, 9.17) is 9.47 Å². The number of amides is 1. The maximum Gasteiger partial charge on any atom is 0.251 e. The zero-order valence-corrected chi connectivity index (χ0v) is 12.3. The molecule has 4 heteroatoms. The first-order valence-corrected chi connectivity index (χ1v) is 6.86. The summed E-state index contributed by atoms with van der Waals surface area (Å²) in [7, 11) is 0. The van der Waals surface area contributed by atoms with E-state index >= 15 is 0 Å². The topological polar surface area (TPSA) is 47.6 Å². The predicted octanol–water partition coefficient (Wildman–Crippen LogP) is 2.80. The Hall–Kier alpha value is -1.81. The molecule has 0 saturated carbocycles. The number of hydrogen-bond acceptors (Lipinski definition) is 3. The number of rotatable bonds is 9. The van der Waals surface area contributed by atoms with Gasteiger partial charge in [-0.3, -0.25) is 4.79 Å². The van der Waals surface area contributed by atoms with Gasteiger partial charge >= 0.3 is 0 Å². The lowest BCUT2D eigenvalue weighted by Crippen LogP contribution is -2.27. The Labute approximate surface area is 120 Å². The van der Waals surface area contributed by atoms with Gasteiger partial charge in [0, 0.05) is 12.1 Å². The Kier molecular flexibility index (Phi) is 7.43. The van der Waals surface area contributed by atoms with E-state index in [0.29, 0.717) is 31.9 Å². The lowest BCUT2D eigenvalue weighted by Gasteiger charge is -2.08. The Morgan fingerprint density at radius 2 is 2.15 bits per heavy atom. The second-order valence-corrected chi connectivity index (χ2v) is 4.64. The molecule has 0 aromatic heterocycles. The molecule has 0 aliphatic carbocycles. The molecule has 0 aliphatic heterocycles. The molecule has 0 bridgehead atoms. The molecule has 0 aliphatic rings. The van der Waals surface area contributed by atoms with Gasteiger partial charge in [0.2, 0.25) is 0 Å². The van der Waals surface area contributed by atoms with E-state index in [-0.39, 0.29) is 5.91 Å². The number of ether oxygens (including phenoxy) is 2. The molecule has 110 valence electrons. The smallest absolute Gasteiger partial charge is 0.251 e. The molecule has 0 heterocycles.